The Bertz CT molecular complexity index is 1580. The van der Waals surface area contributed by atoms with Gasteiger partial charge in [-0.05, 0) is 36.4 Å². The number of benzene rings is 3. The number of carbonyl (C=O) groups is 1. The summed E-state index contributed by atoms with van der Waals surface area (Å²) in [6.07, 6.45) is 0. The quantitative estimate of drug-likeness (QED) is 0.289. The lowest BCUT2D eigenvalue weighted by Gasteiger charge is -2.19. The number of para-hydroxylation sites is 2. The number of hydrogen-bond donors (Lipinski definition) is 1. The summed E-state index contributed by atoms with van der Waals surface area (Å²) in [4.78, 5) is 12.9. The Kier molecular flexibility index (Phi) is 8.58. The summed E-state index contributed by atoms with van der Waals surface area (Å²) in [6, 6.07) is 24.9. The molecule has 1 heterocycles. The Morgan fingerprint density at radius 2 is 1.71 bits per heavy atom. The number of aromatic nitrogens is 3. The summed E-state index contributed by atoms with van der Waals surface area (Å²) >= 11 is 1.19. The fraction of sp³-hybridized carbons (Fsp3) is 0.185. The molecule has 4 rings (SSSR count). The maximum atomic E-state index is 13.1. The van der Waals surface area contributed by atoms with Crippen LogP contribution in [-0.2, 0) is 14.8 Å². The second kappa shape index (κ2) is 12.0. The molecule has 0 aliphatic carbocycles. The molecule has 4 aromatic rings. The molecule has 0 aliphatic heterocycles. The van der Waals surface area contributed by atoms with Gasteiger partial charge in [0, 0.05) is 24.3 Å². The Morgan fingerprint density at radius 3 is 2.42 bits per heavy atom. The van der Waals surface area contributed by atoms with E-state index in [1.54, 1.807) is 66.9 Å². The van der Waals surface area contributed by atoms with E-state index in [0.717, 1.165) is 5.69 Å². The molecule has 9 nitrogen and oxygen atoms in total. The molecular weight excluding hydrogens is 520 g/mol. The third-order valence-electron chi connectivity index (χ3n) is 5.74. The van der Waals surface area contributed by atoms with E-state index in [1.807, 2.05) is 30.3 Å². The molecule has 3 aromatic carbocycles. The lowest BCUT2D eigenvalue weighted by Crippen LogP contribution is -2.30. The molecule has 0 saturated heterocycles. The van der Waals surface area contributed by atoms with E-state index in [2.05, 4.69) is 21.6 Å². The predicted molar refractivity (Wildman–Crippen MR) is 147 cm³/mol. The monoisotopic (exact) mass is 546 g/mol. The van der Waals surface area contributed by atoms with Crippen molar-refractivity contribution in [1.29, 1.82) is 5.26 Å². The molecule has 1 amide bonds. The van der Waals surface area contributed by atoms with Gasteiger partial charge < -0.3 is 5.32 Å². The topological polar surface area (TPSA) is 121 Å². The van der Waals surface area contributed by atoms with E-state index < -0.39 is 10.0 Å². The fourth-order valence-corrected chi connectivity index (χ4v) is 6.13. The van der Waals surface area contributed by atoms with Crippen LogP contribution >= 0.6 is 11.8 Å². The first-order valence-electron chi connectivity index (χ1n) is 11.9. The van der Waals surface area contributed by atoms with Gasteiger partial charge in [0.05, 0.1) is 21.9 Å². The molecule has 0 bridgehead atoms. The summed E-state index contributed by atoms with van der Waals surface area (Å²) in [7, 11) is -3.66. The van der Waals surface area contributed by atoms with Gasteiger partial charge >= 0.3 is 0 Å². The second-order valence-corrected chi connectivity index (χ2v) is 11.0. The molecule has 0 saturated carbocycles. The van der Waals surface area contributed by atoms with Gasteiger partial charge in [0.2, 0.25) is 15.9 Å². The van der Waals surface area contributed by atoms with Crippen molar-refractivity contribution in [3.63, 3.8) is 0 Å². The highest BCUT2D eigenvalue weighted by Gasteiger charge is 2.24. The Morgan fingerprint density at radius 1 is 1.00 bits per heavy atom. The summed E-state index contributed by atoms with van der Waals surface area (Å²) in [6.45, 7) is 4.33. The van der Waals surface area contributed by atoms with E-state index in [1.165, 1.54) is 16.1 Å². The highest BCUT2D eigenvalue weighted by Crippen LogP contribution is 2.30. The standard InChI is InChI=1S/C27H26N6O3S2/c1-3-32(4-2)38(35,36)23-15-10-12-20(17-23)26-30-31-27(33(26)22-13-6-5-7-14-22)37-19-25(34)29-24-16-9-8-11-21(24)18-28/h5-17H,3-4,19H2,1-2H3,(H,29,34). The largest absolute Gasteiger partial charge is 0.324 e. The number of nitrogens with zero attached hydrogens (tertiary/aromatic N) is 5. The van der Waals surface area contributed by atoms with E-state index in [4.69, 9.17) is 0 Å². The molecule has 11 heteroatoms. The molecule has 1 N–H and O–H groups in total. The van der Waals surface area contributed by atoms with E-state index in [9.17, 15) is 18.5 Å². The molecular formula is C27H26N6O3S2. The summed E-state index contributed by atoms with van der Waals surface area (Å²) in [5.74, 6) is 0.181. The zero-order valence-corrected chi connectivity index (χ0v) is 22.5. The lowest BCUT2D eigenvalue weighted by molar-refractivity contribution is -0.113. The molecule has 0 spiro atoms. The van der Waals surface area contributed by atoms with Gasteiger partial charge in [0.15, 0.2) is 11.0 Å². The molecule has 1 aromatic heterocycles. The number of anilines is 1. The fourth-order valence-electron chi connectivity index (χ4n) is 3.87. The molecule has 38 heavy (non-hydrogen) atoms. The average molecular weight is 547 g/mol. The Hall–Kier alpha value is -3.98. The maximum Gasteiger partial charge on any atom is 0.243 e. The normalized spacial score (nSPS) is 11.3. The van der Waals surface area contributed by atoms with Gasteiger partial charge in [-0.25, -0.2) is 8.42 Å². The number of nitriles is 1. The van der Waals surface area contributed by atoms with Crippen LogP contribution in [0.1, 0.15) is 19.4 Å². The SMILES string of the molecule is CCN(CC)S(=O)(=O)c1cccc(-c2nnc(SCC(=O)Nc3ccccc3C#N)n2-c2ccccc2)c1. The number of carbonyl (C=O) groups excluding carboxylic acids is 1. The number of sulfonamides is 1. The van der Waals surface area contributed by atoms with Crippen molar-refractivity contribution >= 4 is 33.4 Å². The first-order chi connectivity index (χ1) is 18.4. The van der Waals surface area contributed by atoms with Crippen molar-refractivity contribution in [2.75, 3.05) is 24.2 Å². The van der Waals surface area contributed by atoms with Gasteiger partial charge in [-0.2, -0.15) is 9.57 Å². The number of nitrogens with one attached hydrogen (secondary N) is 1. The minimum absolute atomic E-state index is 0.0289. The van der Waals surface area contributed by atoms with Crippen LogP contribution in [0, 0.1) is 11.3 Å². The zero-order valence-electron chi connectivity index (χ0n) is 20.9. The van der Waals surface area contributed by atoms with Crippen LogP contribution in [0.15, 0.2) is 88.9 Å². The van der Waals surface area contributed by atoms with Gasteiger partial charge in [-0.3, -0.25) is 9.36 Å². The number of rotatable bonds is 10. The number of thioether (sulfide) groups is 1. The smallest absolute Gasteiger partial charge is 0.243 e. The maximum absolute atomic E-state index is 13.1. The van der Waals surface area contributed by atoms with Crippen LogP contribution in [0.25, 0.3) is 17.1 Å². The Labute approximate surface area is 226 Å². The third-order valence-corrected chi connectivity index (χ3v) is 8.71. The average Bonchev–Trinajstić information content (AvgIpc) is 3.37. The van der Waals surface area contributed by atoms with Crippen molar-refractivity contribution in [3.05, 3.63) is 84.4 Å². The molecule has 0 atom stereocenters. The zero-order chi connectivity index (χ0) is 27.1. The second-order valence-electron chi connectivity index (χ2n) is 8.09. The van der Waals surface area contributed by atoms with E-state index in [-0.39, 0.29) is 16.6 Å². The third kappa shape index (κ3) is 5.78. The molecule has 0 unspecified atom stereocenters. The van der Waals surface area contributed by atoms with Crippen molar-refractivity contribution in [2.45, 2.75) is 23.9 Å². The van der Waals surface area contributed by atoms with Crippen LogP contribution in [0.5, 0.6) is 0 Å². The van der Waals surface area contributed by atoms with Crippen LogP contribution in [0.4, 0.5) is 5.69 Å². The highest BCUT2D eigenvalue weighted by atomic mass is 32.2. The van der Waals surface area contributed by atoms with Crippen LogP contribution in [0.3, 0.4) is 0 Å². The Balaban J connectivity index is 1.66. The van der Waals surface area contributed by atoms with Gasteiger partial charge in [-0.15, -0.1) is 10.2 Å². The minimum Gasteiger partial charge on any atom is -0.324 e. The first kappa shape index (κ1) is 27.1. The van der Waals surface area contributed by atoms with Crippen molar-refractivity contribution in [2.24, 2.45) is 0 Å². The van der Waals surface area contributed by atoms with Gasteiger partial charge in [0.25, 0.3) is 0 Å². The summed E-state index contributed by atoms with van der Waals surface area (Å²) in [5.41, 5.74) is 2.16. The van der Waals surface area contributed by atoms with Crippen molar-refractivity contribution in [3.8, 4) is 23.1 Å². The lowest BCUT2D eigenvalue weighted by atomic mass is 10.2. The van der Waals surface area contributed by atoms with Crippen molar-refractivity contribution < 1.29 is 13.2 Å². The van der Waals surface area contributed by atoms with Crippen molar-refractivity contribution in [1.82, 2.24) is 19.1 Å². The minimum atomic E-state index is -3.66. The number of hydrogen-bond acceptors (Lipinski definition) is 7. The highest BCUT2D eigenvalue weighted by molar-refractivity contribution is 7.99. The summed E-state index contributed by atoms with van der Waals surface area (Å²) in [5, 5.41) is 21.2. The molecule has 0 radical (unpaired) electrons. The summed E-state index contributed by atoms with van der Waals surface area (Å²) < 4.78 is 29.4. The molecule has 194 valence electrons. The van der Waals surface area contributed by atoms with Gasteiger partial charge in [0.1, 0.15) is 6.07 Å². The van der Waals surface area contributed by atoms with Crippen LogP contribution in [-0.4, -0.2) is 52.2 Å². The van der Waals surface area contributed by atoms with E-state index >= 15 is 0 Å². The number of amides is 1. The first-order valence-corrected chi connectivity index (χ1v) is 14.3. The molecule has 0 aliphatic rings. The van der Waals surface area contributed by atoms with Crippen LogP contribution in [0.2, 0.25) is 0 Å². The van der Waals surface area contributed by atoms with E-state index in [0.29, 0.717) is 40.9 Å². The molecule has 0 fully saturated rings. The van der Waals surface area contributed by atoms with Gasteiger partial charge in [-0.1, -0.05) is 68.1 Å². The van der Waals surface area contributed by atoms with Crippen LogP contribution < -0.4 is 5.32 Å². The predicted octanol–water partition coefficient (Wildman–Crippen LogP) is 4.57.